The highest BCUT2D eigenvalue weighted by Gasteiger charge is 2.10. The van der Waals surface area contributed by atoms with Crippen molar-refractivity contribution in [3.63, 3.8) is 0 Å². The zero-order valence-electron chi connectivity index (χ0n) is 18.7. The maximum absolute atomic E-state index is 12.9. The number of halogens is 1. The minimum absolute atomic E-state index is 0.222. The van der Waals surface area contributed by atoms with E-state index in [9.17, 15) is 18.8 Å². The number of hydrogen-bond acceptors (Lipinski definition) is 6. The van der Waals surface area contributed by atoms with E-state index in [4.69, 9.17) is 9.47 Å². The van der Waals surface area contributed by atoms with E-state index in [1.807, 2.05) is 30.3 Å². The maximum Gasteiger partial charge on any atom is 0.336 e. The Morgan fingerprint density at radius 2 is 1.69 bits per heavy atom. The topological polar surface area (TPSA) is 106 Å². The van der Waals surface area contributed by atoms with Crippen LogP contribution < -0.4 is 20.2 Å². The summed E-state index contributed by atoms with van der Waals surface area (Å²) in [5, 5.41) is 6.24. The third-order valence-electron chi connectivity index (χ3n) is 4.53. The lowest BCUT2D eigenvalue weighted by Crippen LogP contribution is -2.34. The summed E-state index contributed by atoms with van der Waals surface area (Å²) in [6.45, 7) is -0.317. The quantitative estimate of drug-likeness (QED) is 0.162. The molecule has 0 aliphatic carbocycles. The molecule has 0 unspecified atom stereocenters. The molecule has 2 N–H and O–H groups in total. The highest BCUT2D eigenvalue weighted by atomic mass is 19.1. The van der Waals surface area contributed by atoms with Gasteiger partial charge in [-0.25, -0.2) is 14.6 Å². The first-order chi connectivity index (χ1) is 16.9. The number of carbonyl (C=O) groups excluding carboxylic acids is 3. The number of esters is 1. The van der Waals surface area contributed by atoms with Crippen LogP contribution in [0.3, 0.4) is 0 Å². The second-order valence-electron chi connectivity index (χ2n) is 7.06. The van der Waals surface area contributed by atoms with Gasteiger partial charge in [-0.05, 0) is 59.7 Å². The predicted octanol–water partition coefficient (Wildman–Crippen LogP) is 3.33. The van der Waals surface area contributed by atoms with Crippen molar-refractivity contribution in [1.29, 1.82) is 0 Å². The summed E-state index contributed by atoms with van der Waals surface area (Å²) in [7, 11) is 1.43. The fraction of sp³-hybridized carbons (Fsp3) is 0.0769. The summed E-state index contributed by atoms with van der Waals surface area (Å²) in [5.74, 6) is -1.58. The van der Waals surface area contributed by atoms with Gasteiger partial charge in [-0.15, -0.1) is 0 Å². The van der Waals surface area contributed by atoms with E-state index in [-0.39, 0.29) is 17.9 Å². The van der Waals surface area contributed by atoms with E-state index in [0.717, 1.165) is 17.7 Å². The Morgan fingerprint density at radius 3 is 2.40 bits per heavy atom. The van der Waals surface area contributed by atoms with Gasteiger partial charge in [0, 0.05) is 11.6 Å². The monoisotopic (exact) mass is 475 g/mol. The Balaban J connectivity index is 1.50. The minimum Gasteiger partial charge on any atom is -0.493 e. The SMILES string of the molecule is COc1cc(/C=N\NC(=O)CNC(=O)c2ccc(F)cc2)ccc1OC(=O)/C=C/c1ccccc1. The average Bonchev–Trinajstić information content (AvgIpc) is 2.88. The van der Waals surface area contributed by atoms with E-state index in [1.54, 1.807) is 24.3 Å². The first-order valence-electron chi connectivity index (χ1n) is 10.4. The molecule has 2 amide bonds. The van der Waals surface area contributed by atoms with Crippen molar-refractivity contribution in [2.45, 2.75) is 0 Å². The molecule has 3 aromatic carbocycles. The lowest BCUT2D eigenvalue weighted by molar-refractivity contribution is -0.129. The van der Waals surface area contributed by atoms with Gasteiger partial charge < -0.3 is 14.8 Å². The number of ether oxygens (including phenoxy) is 2. The van der Waals surface area contributed by atoms with Crippen LogP contribution in [0.25, 0.3) is 6.08 Å². The summed E-state index contributed by atoms with van der Waals surface area (Å²) < 4.78 is 23.5. The summed E-state index contributed by atoms with van der Waals surface area (Å²) >= 11 is 0. The first-order valence-corrected chi connectivity index (χ1v) is 10.4. The third kappa shape index (κ3) is 7.93. The van der Waals surface area contributed by atoms with Crippen molar-refractivity contribution < 1.29 is 28.2 Å². The van der Waals surface area contributed by atoms with E-state index >= 15 is 0 Å². The van der Waals surface area contributed by atoms with Gasteiger partial charge in [0.2, 0.25) is 0 Å². The zero-order valence-corrected chi connectivity index (χ0v) is 18.7. The second-order valence-corrected chi connectivity index (χ2v) is 7.06. The van der Waals surface area contributed by atoms with E-state index in [2.05, 4.69) is 15.8 Å². The molecule has 0 aromatic heterocycles. The molecule has 0 saturated carbocycles. The molecule has 0 bridgehead atoms. The van der Waals surface area contributed by atoms with Crippen LogP contribution in [-0.4, -0.2) is 37.7 Å². The highest BCUT2D eigenvalue weighted by Crippen LogP contribution is 2.27. The predicted molar refractivity (Wildman–Crippen MR) is 129 cm³/mol. The molecular formula is C26H22FN3O5. The van der Waals surface area contributed by atoms with Crippen molar-refractivity contribution in [1.82, 2.24) is 10.7 Å². The Bertz CT molecular complexity index is 1240. The standard InChI is InChI=1S/C26H22FN3O5/c1-34-23-15-19(7-13-22(23)35-25(32)14-8-18-5-3-2-4-6-18)16-29-30-24(31)17-28-26(33)20-9-11-21(27)12-10-20/h2-16H,17H2,1H3,(H,28,33)(H,30,31)/b14-8+,29-16-. The normalized spacial score (nSPS) is 10.8. The van der Waals surface area contributed by atoms with Crippen molar-refractivity contribution in [2.24, 2.45) is 5.10 Å². The number of methoxy groups -OCH3 is 1. The number of rotatable bonds is 9. The Labute approximate surface area is 201 Å². The van der Waals surface area contributed by atoms with Crippen molar-refractivity contribution >= 4 is 30.1 Å². The molecule has 0 aliphatic heterocycles. The maximum atomic E-state index is 12.9. The molecule has 3 rings (SSSR count). The number of amides is 2. The van der Waals surface area contributed by atoms with E-state index in [0.29, 0.717) is 11.3 Å². The van der Waals surface area contributed by atoms with Gasteiger partial charge in [-0.2, -0.15) is 5.10 Å². The summed E-state index contributed by atoms with van der Waals surface area (Å²) in [6.07, 6.45) is 4.32. The molecule has 35 heavy (non-hydrogen) atoms. The third-order valence-corrected chi connectivity index (χ3v) is 4.53. The lowest BCUT2D eigenvalue weighted by atomic mass is 10.2. The van der Waals surface area contributed by atoms with Gasteiger partial charge >= 0.3 is 5.97 Å². The van der Waals surface area contributed by atoms with Crippen LogP contribution in [0.1, 0.15) is 21.5 Å². The molecule has 3 aromatic rings. The minimum atomic E-state index is -0.566. The largest absolute Gasteiger partial charge is 0.493 e. The molecule has 0 atom stereocenters. The molecule has 8 nitrogen and oxygen atoms in total. The molecule has 0 spiro atoms. The number of hydrogen-bond donors (Lipinski definition) is 2. The molecular weight excluding hydrogens is 453 g/mol. The Hall–Kier alpha value is -4.79. The average molecular weight is 475 g/mol. The van der Waals surface area contributed by atoms with E-state index < -0.39 is 23.6 Å². The van der Waals surface area contributed by atoms with Gasteiger partial charge in [-0.3, -0.25) is 9.59 Å². The molecule has 0 aliphatic rings. The van der Waals surface area contributed by atoms with E-state index in [1.165, 1.54) is 31.5 Å². The Morgan fingerprint density at radius 1 is 0.943 bits per heavy atom. The number of benzene rings is 3. The van der Waals surface area contributed by atoms with Gasteiger partial charge in [0.05, 0.1) is 19.9 Å². The van der Waals surface area contributed by atoms with Crippen LogP contribution >= 0.6 is 0 Å². The van der Waals surface area contributed by atoms with Crippen LogP contribution in [-0.2, 0) is 9.59 Å². The molecule has 0 heterocycles. The number of carbonyl (C=O) groups is 3. The first kappa shape index (κ1) is 24.8. The molecule has 0 radical (unpaired) electrons. The fourth-order valence-electron chi connectivity index (χ4n) is 2.80. The van der Waals surface area contributed by atoms with Crippen LogP contribution in [0.15, 0.2) is 84.0 Å². The van der Waals surface area contributed by atoms with Crippen LogP contribution in [0.4, 0.5) is 4.39 Å². The van der Waals surface area contributed by atoms with Gasteiger partial charge in [0.15, 0.2) is 11.5 Å². The van der Waals surface area contributed by atoms with Crippen molar-refractivity contribution in [3.8, 4) is 11.5 Å². The number of nitrogens with one attached hydrogen (secondary N) is 2. The zero-order chi connectivity index (χ0) is 25.0. The Kier molecular flexibility index (Phi) is 8.84. The molecule has 178 valence electrons. The smallest absolute Gasteiger partial charge is 0.336 e. The number of nitrogens with zero attached hydrogens (tertiary/aromatic N) is 1. The summed E-state index contributed by atoms with van der Waals surface area (Å²) in [4.78, 5) is 36.0. The van der Waals surface area contributed by atoms with Crippen molar-refractivity contribution in [2.75, 3.05) is 13.7 Å². The van der Waals surface area contributed by atoms with Gasteiger partial charge in [0.25, 0.3) is 11.8 Å². The van der Waals surface area contributed by atoms with Crippen molar-refractivity contribution in [3.05, 3.63) is 101 Å². The van der Waals surface area contributed by atoms with Gasteiger partial charge in [-0.1, -0.05) is 30.3 Å². The number of hydrazone groups is 1. The van der Waals surface area contributed by atoms with Gasteiger partial charge in [0.1, 0.15) is 5.82 Å². The fourth-order valence-corrected chi connectivity index (χ4v) is 2.80. The highest BCUT2D eigenvalue weighted by molar-refractivity contribution is 5.96. The molecule has 0 saturated heterocycles. The van der Waals surface area contributed by atoms with Crippen LogP contribution in [0.2, 0.25) is 0 Å². The molecule has 9 heteroatoms. The lowest BCUT2D eigenvalue weighted by Gasteiger charge is -2.08. The molecule has 0 fully saturated rings. The summed E-state index contributed by atoms with van der Waals surface area (Å²) in [6, 6.07) is 19.0. The van der Waals surface area contributed by atoms with Crippen LogP contribution in [0.5, 0.6) is 11.5 Å². The second kappa shape index (κ2) is 12.4. The van der Waals surface area contributed by atoms with Crippen LogP contribution in [0, 0.1) is 5.82 Å². The summed E-state index contributed by atoms with van der Waals surface area (Å²) in [5.41, 5.74) is 3.94.